The average Bonchev–Trinajstić information content (AvgIpc) is 2.41. The molecule has 0 aliphatic carbocycles. The Hall–Kier alpha value is -0.700. The van der Waals surface area contributed by atoms with Crippen molar-refractivity contribution < 1.29 is 4.74 Å². The van der Waals surface area contributed by atoms with E-state index in [-0.39, 0.29) is 5.38 Å². The van der Waals surface area contributed by atoms with Crippen LogP contribution in [0.5, 0.6) is 5.75 Å². The number of hydrogen-bond donors (Lipinski definition) is 0. The van der Waals surface area contributed by atoms with Gasteiger partial charge >= 0.3 is 0 Å². The summed E-state index contributed by atoms with van der Waals surface area (Å²) in [6, 6.07) is 11.6. The maximum atomic E-state index is 6.56. The highest BCUT2D eigenvalue weighted by molar-refractivity contribution is 9.10. The van der Waals surface area contributed by atoms with Crippen LogP contribution < -0.4 is 4.74 Å². The largest absolute Gasteiger partial charge is 0.496 e. The molecule has 0 bridgehead atoms. The summed E-state index contributed by atoms with van der Waals surface area (Å²) >= 11 is 16.2. The lowest BCUT2D eigenvalue weighted by Crippen LogP contribution is -1.97. The molecular weight excluding hydrogens is 347 g/mol. The zero-order valence-electron chi connectivity index (χ0n) is 10.6. The lowest BCUT2D eigenvalue weighted by atomic mass is 10.00. The van der Waals surface area contributed by atoms with Gasteiger partial charge in [0.05, 0.1) is 17.0 Å². The van der Waals surface area contributed by atoms with Gasteiger partial charge in [-0.3, -0.25) is 0 Å². The smallest absolute Gasteiger partial charge is 0.133 e. The number of hydrogen-bond acceptors (Lipinski definition) is 1. The van der Waals surface area contributed by atoms with E-state index < -0.39 is 0 Å². The second kappa shape index (κ2) is 6.17. The second-order valence-electron chi connectivity index (χ2n) is 4.21. The monoisotopic (exact) mass is 358 g/mol. The first-order valence-corrected chi connectivity index (χ1v) is 7.38. The Morgan fingerprint density at radius 2 is 1.95 bits per heavy atom. The molecule has 2 rings (SSSR count). The summed E-state index contributed by atoms with van der Waals surface area (Å²) in [5.41, 5.74) is 3.03. The van der Waals surface area contributed by atoms with Gasteiger partial charge in [0.1, 0.15) is 5.75 Å². The first-order chi connectivity index (χ1) is 9.04. The van der Waals surface area contributed by atoms with Gasteiger partial charge in [0.2, 0.25) is 0 Å². The fraction of sp³-hybridized carbons (Fsp3) is 0.200. The third kappa shape index (κ3) is 3.07. The van der Waals surface area contributed by atoms with Crippen molar-refractivity contribution >= 4 is 39.1 Å². The number of ether oxygens (including phenoxy) is 1. The van der Waals surface area contributed by atoms with Crippen molar-refractivity contribution in [1.82, 2.24) is 0 Å². The number of halogens is 3. The van der Waals surface area contributed by atoms with Crippen molar-refractivity contribution in [3.05, 3.63) is 62.6 Å². The van der Waals surface area contributed by atoms with Gasteiger partial charge in [0.25, 0.3) is 0 Å². The number of rotatable bonds is 3. The highest BCUT2D eigenvalue weighted by Gasteiger charge is 2.15. The van der Waals surface area contributed by atoms with E-state index in [1.54, 1.807) is 7.11 Å². The number of methoxy groups -OCH3 is 1. The molecule has 0 aliphatic heterocycles. The second-order valence-corrected chi connectivity index (χ2v) is 5.91. The molecule has 0 spiro atoms. The van der Waals surface area contributed by atoms with Crippen LogP contribution in [0.3, 0.4) is 0 Å². The minimum Gasteiger partial charge on any atom is -0.496 e. The van der Waals surface area contributed by atoms with Gasteiger partial charge in [-0.05, 0) is 57.7 Å². The Morgan fingerprint density at radius 1 is 1.21 bits per heavy atom. The minimum absolute atomic E-state index is 0.235. The Balaban J connectivity index is 2.41. The molecule has 0 N–H and O–H groups in total. The van der Waals surface area contributed by atoms with E-state index in [1.807, 2.05) is 43.3 Å². The molecule has 0 fully saturated rings. The van der Waals surface area contributed by atoms with Crippen LogP contribution in [0.15, 0.2) is 40.9 Å². The molecule has 100 valence electrons. The van der Waals surface area contributed by atoms with E-state index in [2.05, 4.69) is 15.9 Å². The minimum atomic E-state index is -0.235. The Labute approximate surface area is 131 Å². The molecule has 1 nitrogen and oxygen atoms in total. The fourth-order valence-electron chi connectivity index (χ4n) is 1.92. The molecule has 0 heterocycles. The van der Waals surface area contributed by atoms with Crippen molar-refractivity contribution in [3.63, 3.8) is 0 Å². The molecule has 4 heteroatoms. The number of alkyl halides is 1. The van der Waals surface area contributed by atoms with Crippen LogP contribution in [0, 0.1) is 6.92 Å². The lowest BCUT2D eigenvalue weighted by molar-refractivity contribution is 0.412. The highest BCUT2D eigenvalue weighted by Crippen LogP contribution is 2.36. The molecule has 19 heavy (non-hydrogen) atoms. The van der Waals surface area contributed by atoms with Crippen molar-refractivity contribution in [2.45, 2.75) is 12.3 Å². The van der Waals surface area contributed by atoms with E-state index in [4.69, 9.17) is 27.9 Å². The van der Waals surface area contributed by atoms with Gasteiger partial charge < -0.3 is 4.74 Å². The molecule has 0 radical (unpaired) electrons. The SMILES string of the molecule is COc1ccc(C(Cl)c2cccc(Cl)c2C)cc1Br. The summed E-state index contributed by atoms with van der Waals surface area (Å²) in [7, 11) is 1.64. The lowest BCUT2D eigenvalue weighted by Gasteiger charge is -2.15. The topological polar surface area (TPSA) is 9.23 Å². The summed E-state index contributed by atoms with van der Waals surface area (Å²) in [5, 5.41) is 0.497. The van der Waals surface area contributed by atoms with E-state index in [1.165, 1.54) is 0 Å². The van der Waals surface area contributed by atoms with Crippen LogP contribution in [0.1, 0.15) is 22.1 Å². The fourth-order valence-corrected chi connectivity index (χ4v) is 3.03. The Kier molecular flexibility index (Phi) is 4.77. The molecule has 0 aromatic heterocycles. The third-order valence-corrected chi connectivity index (χ3v) is 4.57. The summed E-state index contributed by atoms with van der Waals surface area (Å²) < 4.78 is 6.10. The van der Waals surface area contributed by atoms with E-state index in [9.17, 15) is 0 Å². The predicted molar refractivity (Wildman–Crippen MR) is 84.6 cm³/mol. The molecule has 2 aromatic carbocycles. The number of benzene rings is 2. The van der Waals surface area contributed by atoms with Crippen LogP contribution in [0.25, 0.3) is 0 Å². The van der Waals surface area contributed by atoms with Gasteiger partial charge in [-0.2, -0.15) is 0 Å². The molecule has 1 atom stereocenters. The van der Waals surface area contributed by atoms with Crippen molar-refractivity contribution in [2.75, 3.05) is 7.11 Å². The highest BCUT2D eigenvalue weighted by atomic mass is 79.9. The van der Waals surface area contributed by atoms with Gasteiger partial charge in [0.15, 0.2) is 0 Å². The third-order valence-electron chi connectivity index (χ3n) is 3.05. The summed E-state index contributed by atoms with van der Waals surface area (Å²) in [6.45, 7) is 1.98. The van der Waals surface area contributed by atoms with Crippen LogP contribution in [0.4, 0.5) is 0 Å². The maximum absolute atomic E-state index is 6.56. The zero-order chi connectivity index (χ0) is 14.0. The van der Waals surface area contributed by atoms with Crippen molar-refractivity contribution in [3.8, 4) is 5.75 Å². The van der Waals surface area contributed by atoms with Gasteiger partial charge in [-0.25, -0.2) is 0 Å². The van der Waals surface area contributed by atoms with Gasteiger partial charge in [-0.1, -0.05) is 29.8 Å². The summed E-state index contributed by atoms with van der Waals surface area (Å²) in [4.78, 5) is 0. The molecule has 0 aliphatic rings. The van der Waals surface area contributed by atoms with Crippen molar-refractivity contribution in [2.24, 2.45) is 0 Å². The molecule has 0 saturated heterocycles. The van der Waals surface area contributed by atoms with Crippen LogP contribution >= 0.6 is 39.1 Å². The van der Waals surface area contributed by atoms with Crippen LogP contribution in [-0.2, 0) is 0 Å². The molecule has 2 aromatic rings. The molecule has 0 amide bonds. The van der Waals surface area contributed by atoms with E-state index >= 15 is 0 Å². The molecular formula is C15H13BrCl2O. The molecule has 0 saturated carbocycles. The average molecular weight is 360 g/mol. The van der Waals surface area contributed by atoms with Gasteiger partial charge in [-0.15, -0.1) is 11.6 Å². The molecule has 1 unspecified atom stereocenters. The maximum Gasteiger partial charge on any atom is 0.133 e. The van der Waals surface area contributed by atoms with Gasteiger partial charge in [0, 0.05) is 5.02 Å². The quantitative estimate of drug-likeness (QED) is 0.634. The van der Waals surface area contributed by atoms with Crippen LogP contribution in [0.2, 0.25) is 5.02 Å². The summed E-state index contributed by atoms with van der Waals surface area (Å²) in [5.74, 6) is 0.787. The van der Waals surface area contributed by atoms with Crippen molar-refractivity contribution in [1.29, 1.82) is 0 Å². The Bertz CT molecular complexity index is 599. The van der Waals surface area contributed by atoms with Crippen LogP contribution in [-0.4, -0.2) is 7.11 Å². The van der Waals surface area contributed by atoms with E-state index in [0.29, 0.717) is 0 Å². The normalized spacial score (nSPS) is 12.3. The van der Waals surface area contributed by atoms with E-state index in [0.717, 1.165) is 31.9 Å². The zero-order valence-corrected chi connectivity index (χ0v) is 13.7. The Morgan fingerprint density at radius 3 is 2.58 bits per heavy atom. The summed E-state index contributed by atoms with van der Waals surface area (Å²) in [6.07, 6.45) is 0. The predicted octanol–water partition coefficient (Wildman–Crippen LogP) is 5.75. The first kappa shape index (κ1) is 14.7. The first-order valence-electron chi connectivity index (χ1n) is 5.77. The standard InChI is InChI=1S/C15H13BrCl2O/c1-9-11(4-3-5-13(9)17)15(18)10-6-7-14(19-2)12(16)8-10/h3-8,15H,1-2H3.